The van der Waals surface area contributed by atoms with Gasteiger partial charge in [0, 0.05) is 13.1 Å². The normalized spacial score (nSPS) is 19.7. The standard InChI is InChI=1S/C15H23FN2O/c1-2-17-10-12-6-5-8-14(16)15(12)18-9-4-3-7-13(18)11-19/h5-6,8,13,17,19H,2-4,7,9-11H2,1H3. The molecule has 2 rings (SSSR count). The minimum atomic E-state index is -0.184. The molecule has 0 amide bonds. The molecular formula is C15H23FN2O. The molecule has 0 aliphatic carbocycles. The molecule has 1 aromatic rings. The molecule has 0 aromatic heterocycles. The van der Waals surface area contributed by atoms with E-state index in [1.807, 2.05) is 17.9 Å². The molecule has 1 heterocycles. The number of nitrogens with one attached hydrogen (secondary N) is 1. The van der Waals surface area contributed by atoms with Gasteiger partial charge in [0.2, 0.25) is 0 Å². The Balaban J connectivity index is 2.30. The summed E-state index contributed by atoms with van der Waals surface area (Å²) < 4.78 is 14.2. The molecule has 1 fully saturated rings. The summed E-state index contributed by atoms with van der Waals surface area (Å²) in [5, 5.41) is 12.7. The lowest BCUT2D eigenvalue weighted by Crippen LogP contribution is -2.43. The SMILES string of the molecule is CCNCc1cccc(F)c1N1CCCCC1CO. The molecule has 1 aliphatic rings. The van der Waals surface area contributed by atoms with Crippen LogP contribution in [0, 0.1) is 5.82 Å². The summed E-state index contributed by atoms with van der Waals surface area (Å²) in [5.74, 6) is -0.184. The van der Waals surface area contributed by atoms with Crippen LogP contribution >= 0.6 is 0 Å². The first-order valence-electron chi connectivity index (χ1n) is 7.13. The third-order valence-electron chi connectivity index (χ3n) is 3.76. The molecular weight excluding hydrogens is 243 g/mol. The second-order valence-electron chi connectivity index (χ2n) is 5.05. The quantitative estimate of drug-likeness (QED) is 0.858. The zero-order valence-electron chi connectivity index (χ0n) is 11.5. The van der Waals surface area contributed by atoms with Crippen LogP contribution in [-0.2, 0) is 6.54 Å². The Kier molecular flexibility index (Phi) is 5.16. The van der Waals surface area contributed by atoms with Crippen LogP contribution < -0.4 is 10.2 Å². The minimum Gasteiger partial charge on any atom is -0.394 e. The summed E-state index contributed by atoms with van der Waals surface area (Å²) in [6.45, 7) is 4.48. The molecule has 0 saturated carbocycles. The maximum absolute atomic E-state index is 14.2. The summed E-state index contributed by atoms with van der Waals surface area (Å²) in [7, 11) is 0. The van der Waals surface area contributed by atoms with Crippen LogP contribution in [0.4, 0.5) is 10.1 Å². The molecule has 1 unspecified atom stereocenters. The number of nitrogens with zero attached hydrogens (tertiary/aromatic N) is 1. The van der Waals surface area contributed by atoms with E-state index in [1.54, 1.807) is 6.07 Å². The summed E-state index contributed by atoms with van der Waals surface area (Å²) >= 11 is 0. The molecule has 0 radical (unpaired) electrons. The van der Waals surface area contributed by atoms with Gasteiger partial charge in [0.15, 0.2) is 0 Å². The first-order valence-corrected chi connectivity index (χ1v) is 7.13. The van der Waals surface area contributed by atoms with Gasteiger partial charge < -0.3 is 15.3 Å². The number of benzene rings is 1. The van der Waals surface area contributed by atoms with E-state index in [4.69, 9.17) is 0 Å². The minimum absolute atomic E-state index is 0.0472. The van der Waals surface area contributed by atoms with Crippen LogP contribution in [0.2, 0.25) is 0 Å². The van der Waals surface area contributed by atoms with Gasteiger partial charge >= 0.3 is 0 Å². The Morgan fingerprint density at radius 3 is 3.00 bits per heavy atom. The van der Waals surface area contributed by atoms with Crippen molar-refractivity contribution in [1.82, 2.24) is 5.32 Å². The number of hydrogen-bond acceptors (Lipinski definition) is 3. The van der Waals surface area contributed by atoms with Crippen molar-refractivity contribution in [3.8, 4) is 0 Å². The lowest BCUT2D eigenvalue weighted by atomic mass is 10.00. The number of aliphatic hydroxyl groups is 1. The molecule has 1 aliphatic heterocycles. The van der Waals surface area contributed by atoms with Gasteiger partial charge in [-0.1, -0.05) is 19.1 Å². The van der Waals surface area contributed by atoms with E-state index in [2.05, 4.69) is 5.32 Å². The Labute approximate surface area is 114 Å². The van der Waals surface area contributed by atoms with E-state index in [0.717, 1.165) is 37.9 Å². The summed E-state index contributed by atoms with van der Waals surface area (Å²) in [5.41, 5.74) is 1.64. The molecule has 1 atom stereocenters. The van der Waals surface area contributed by atoms with Crippen LogP contribution in [0.5, 0.6) is 0 Å². The van der Waals surface area contributed by atoms with Gasteiger partial charge in [-0.25, -0.2) is 4.39 Å². The fraction of sp³-hybridized carbons (Fsp3) is 0.600. The Bertz CT molecular complexity index is 411. The third-order valence-corrected chi connectivity index (χ3v) is 3.76. The van der Waals surface area contributed by atoms with Crippen LogP contribution in [0.3, 0.4) is 0 Å². The predicted octanol–water partition coefficient (Wildman–Crippen LogP) is 2.29. The number of aliphatic hydroxyl groups excluding tert-OH is 1. The Morgan fingerprint density at radius 1 is 1.42 bits per heavy atom. The number of anilines is 1. The van der Waals surface area contributed by atoms with Gasteiger partial charge in [-0.3, -0.25) is 0 Å². The highest BCUT2D eigenvalue weighted by Gasteiger charge is 2.25. The highest BCUT2D eigenvalue weighted by Crippen LogP contribution is 2.30. The van der Waals surface area contributed by atoms with Gasteiger partial charge in [-0.2, -0.15) is 0 Å². The van der Waals surface area contributed by atoms with Crippen molar-refractivity contribution >= 4 is 5.69 Å². The number of halogens is 1. The zero-order valence-corrected chi connectivity index (χ0v) is 11.5. The molecule has 4 heteroatoms. The number of para-hydroxylation sites is 1. The lowest BCUT2D eigenvalue weighted by Gasteiger charge is -2.38. The second kappa shape index (κ2) is 6.87. The largest absolute Gasteiger partial charge is 0.394 e. The average Bonchev–Trinajstić information content (AvgIpc) is 2.45. The van der Waals surface area contributed by atoms with Gasteiger partial charge in [0.1, 0.15) is 5.82 Å². The molecule has 1 saturated heterocycles. The monoisotopic (exact) mass is 266 g/mol. The van der Waals surface area contributed by atoms with Crippen molar-refractivity contribution in [3.63, 3.8) is 0 Å². The van der Waals surface area contributed by atoms with Crippen molar-refractivity contribution in [2.45, 2.75) is 38.8 Å². The smallest absolute Gasteiger partial charge is 0.146 e. The van der Waals surface area contributed by atoms with Gasteiger partial charge in [-0.05, 0) is 37.4 Å². The fourth-order valence-corrected chi connectivity index (χ4v) is 2.77. The molecule has 19 heavy (non-hydrogen) atoms. The molecule has 3 nitrogen and oxygen atoms in total. The second-order valence-corrected chi connectivity index (χ2v) is 5.05. The highest BCUT2D eigenvalue weighted by atomic mass is 19.1. The summed E-state index contributed by atoms with van der Waals surface area (Å²) in [4.78, 5) is 2.05. The van der Waals surface area contributed by atoms with Crippen molar-refractivity contribution in [2.24, 2.45) is 0 Å². The molecule has 0 spiro atoms. The van der Waals surface area contributed by atoms with Crippen molar-refractivity contribution in [1.29, 1.82) is 0 Å². The van der Waals surface area contributed by atoms with Crippen molar-refractivity contribution in [3.05, 3.63) is 29.6 Å². The van der Waals surface area contributed by atoms with Crippen LogP contribution in [-0.4, -0.2) is 30.8 Å². The first kappa shape index (κ1) is 14.3. The van der Waals surface area contributed by atoms with Crippen molar-refractivity contribution < 1.29 is 9.50 Å². The number of rotatable bonds is 5. The number of hydrogen-bond donors (Lipinski definition) is 2. The van der Waals surface area contributed by atoms with Gasteiger partial charge in [0.25, 0.3) is 0 Å². The highest BCUT2D eigenvalue weighted by molar-refractivity contribution is 5.56. The predicted molar refractivity (Wildman–Crippen MR) is 75.9 cm³/mol. The maximum Gasteiger partial charge on any atom is 0.146 e. The van der Waals surface area contributed by atoms with E-state index >= 15 is 0 Å². The fourth-order valence-electron chi connectivity index (χ4n) is 2.77. The van der Waals surface area contributed by atoms with E-state index in [0.29, 0.717) is 12.2 Å². The Hall–Kier alpha value is -1.13. The molecule has 106 valence electrons. The van der Waals surface area contributed by atoms with E-state index < -0.39 is 0 Å². The zero-order chi connectivity index (χ0) is 13.7. The average molecular weight is 266 g/mol. The summed E-state index contributed by atoms with van der Waals surface area (Å²) in [6, 6.07) is 5.27. The Morgan fingerprint density at radius 2 is 2.26 bits per heavy atom. The first-order chi connectivity index (χ1) is 9.27. The van der Waals surface area contributed by atoms with Gasteiger partial charge in [-0.15, -0.1) is 0 Å². The van der Waals surface area contributed by atoms with Crippen LogP contribution in [0.25, 0.3) is 0 Å². The molecule has 2 N–H and O–H groups in total. The summed E-state index contributed by atoms with van der Waals surface area (Å²) in [6.07, 6.45) is 3.11. The molecule has 1 aromatic carbocycles. The molecule has 0 bridgehead atoms. The topological polar surface area (TPSA) is 35.5 Å². The van der Waals surface area contributed by atoms with Crippen molar-refractivity contribution in [2.75, 3.05) is 24.6 Å². The van der Waals surface area contributed by atoms with Crippen LogP contribution in [0.1, 0.15) is 31.7 Å². The third kappa shape index (κ3) is 3.25. The van der Waals surface area contributed by atoms with Crippen LogP contribution in [0.15, 0.2) is 18.2 Å². The van der Waals surface area contributed by atoms with Gasteiger partial charge in [0.05, 0.1) is 18.3 Å². The number of piperidine rings is 1. The lowest BCUT2D eigenvalue weighted by molar-refractivity contribution is 0.239. The maximum atomic E-state index is 14.2. The van der Waals surface area contributed by atoms with E-state index in [9.17, 15) is 9.50 Å². The van der Waals surface area contributed by atoms with E-state index in [1.165, 1.54) is 6.07 Å². The van der Waals surface area contributed by atoms with E-state index in [-0.39, 0.29) is 18.5 Å².